The first-order chi connectivity index (χ1) is 14.7. The summed E-state index contributed by atoms with van der Waals surface area (Å²) in [7, 11) is 0. The van der Waals surface area contributed by atoms with E-state index in [0.717, 1.165) is 38.2 Å². The van der Waals surface area contributed by atoms with Crippen molar-refractivity contribution in [2.75, 3.05) is 18.4 Å². The lowest BCUT2D eigenvalue weighted by molar-refractivity contribution is 0.0909. The van der Waals surface area contributed by atoms with E-state index >= 15 is 0 Å². The molecule has 2 aromatic heterocycles. The maximum atomic E-state index is 12.9. The van der Waals surface area contributed by atoms with Crippen LogP contribution in [-0.2, 0) is 6.54 Å². The number of hydrogen-bond donors (Lipinski definition) is 2. The summed E-state index contributed by atoms with van der Waals surface area (Å²) in [6.45, 7) is 2.66. The number of pyridine rings is 1. The van der Waals surface area contributed by atoms with Gasteiger partial charge in [0.15, 0.2) is 0 Å². The molecule has 3 heterocycles. The number of nitrogens with one attached hydrogen (secondary N) is 2. The van der Waals surface area contributed by atoms with Gasteiger partial charge in [0.25, 0.3) is 11.8 Å². The number of anilines is 1. The maximum Gasteiger partial charge on any atom is 0.256 e. The Balaban J connectivity index is 1.33. The van der Waals surface area contributed by atoms with Gasteiger partial charge >= 0.3 is 0 Å². The fourth-order valence-electron chi connectivity index (χ4n) is 3.60. The molecule has 1 aromatic carbocycles. The first kappa shape index (κ1) is 20.3. The number of carbonyl (C=O) groups is 2. The molecule has 1 aliphatic rings. The molecule has 4 rings (SSSR count). The van der Waals surface area contributed by atoms with Crippen molar-refractivity contribution in [3.05, 3.63) is 82.3 Å². The van der Waals surface area contributed by atoms with Gasteiger partial charge < -0.3 is 10.6 Å². The summed E-state index contributed by atoms with van der Waals surface area (Å²) < 4.78 is 0. The van der Waals surface area contributed by atoms with E-state index in [1.807, 2.05) is 41.9 Å². The number of thiophene rings is 1. The van der Waals surface area contributed by atoms with Gasteiger partial charge in [0.2, 0.25) is 0 Å². The summed E-state index contributed by atoms with van der Waals surface area (Å²) in [5, 5.41) is 9.64. The predicted molar refractivity (Wildman–Crippen MR) is 119 cm³/mol. The number of rotatable bonds is 6. The Labute approximate surface area is 180 Å². The SMILES string of the molecule is O=C(Nc1ccccc1C(=O)NC1CCN(Cc2ccccn2)CC1)c1ccsc1. The molecule has 0 saturated carbocycles. The molecule has 0 radical (unpaired) electrons. The van der Waals surface area contributed by atoms with Gasteiger partial charge in [-0.2, -0.15) is 11.3 Å². The highest BCUT2D eigenvalue weighted by atomic mass is 32.1. The number of para-hydroxylation sites is 1. The van der Waals surface area contributed by atoms with Gasteiger partial charge in [-0.1, -0.05) is 18.2 Å². The summed E-state index contributed by atoms with van der Waals surface area (Å²) in [4.78, 5) is 32.0. The van der Waals surface area contributed by atoms with E-state index in [2.05, 4.69) is 20.5 Å². The highest BCUT2D eigenvalue weighted by Gasteiger charge is 2.22. The lowest BCUT2D eigenvalue weighted by Gasteiger charge is -2.32. The molecule has 1 saturated heterocycles. The zero-order valence-electron chi connectivity index (χ0n) is 16.6. The zero-order valence-corrected chi connectivity index (χ0v) is 17.4. The van der Waals surface area contributed by atoms with Crippen LogP contribution in [0.1, 0.15) is 39.3 Å². The number of hydrogen-bond acceptors (Lipinski definition) is 5. The van der Waals surface area contributed by atoms with Crippen LogP contribution in [-0.4, -0.2) is 40.8 Å². The molecule has 0 aliphatic carbocycles. The summed E-state index contributed by atoms with van der Waals surface area (Å²) in [5.41, 5.74) is 2.67. The molecule has 2 N–H and O–H groups in total. The normalized spacial score (nSPS) is 14.9. The fourth-order valence-corrected chi connectivity index (χ4v) is 4.23. The maximum absolute atomic E-state index is 12.9. The third kappa shape index (κ3) is 5.11. The molecule has 0 spiro atoms. The zero-order chi connectivity index (χ0) is 20.8. The van der Waals surface area contributed by atoms with Crippen LogP contribution in [0.25, 0.3) is 0 Å². The number of nitrogens with zero attached hydrogens (tertiary/aromatic N) is 2. The number of benzene rings is 1. The van der Waals surface area contributed by atoms with E-state index in [1.165, 1.54) is 11.3 Å². The number of amides is 2. The molecule has 3 aromatic rings. The van der Waals surface area contributed by atoms with E-state index in [9.17, 15) is 9.59 Å². The van der Waals surface area contributed by atoms with Crippen LogP contribution in [0.4, 0.5) is 5.69 Å². The number of carbonyl (C=O) groups excluding carboxylic acids is 2. The molecular weight excluding hydrogens is 396 g/mol. The molecule has 154 valence electrons. The molecule has 0 atom stereocenters. The minimum atomic E-state index is -0.209. The quantitative estimate of drug-likeness (QED) is 0.636. The highest BCUT2D eigenvalue weighted by Crippen LogP contribution is 2.19. The Morgan fingerprint density at radius 3 is 2.57 bits per heavy atom. The van der Waals surface area contributed by atoms with E-state index in [0.29, 0.717) is 16.8 Å². The molecule has 0 unspecified atom stereocenters. The molecule has 2 amide bonds. The average Bonchev–Trinajstić information content (AvgIpc) is 3.31. The number of aromatic nitrogens is 1. The van der Waals surface area contributed by atoms with Gasteiger partial charge in [-0.25, -0.2) is 0 Å². The fraction of sp³-hybridized carbons (Fsp3) is 0.261. The molecule has 1 fully saturated rings. The first-order valence-electron chi connectivity index (χ1n) is 10.0. The monoisotopic (exact) mass is 420 g/mol. The van der Waals surface area contributed by atoms with Crippen molar-refractivity contribution in [2.45, 2.75) is 25.4 Å². The van der Waals surface area contributed by atoms with E-state index in [-0.39, 0.29) is 17.9 Å². The second-order valence-electron chi connectivity index (χ2n) is 7.36. The van der Waals surface area contributed by atoms with Crippen LogP contribution in [0.3, 0.4) is 0 Å². The minimum absolute atomic E-state index is 0.123. The predicted octanol–water partition coefficient (Wildman–Crippen LogP) is 3.79. The second-order valence-corrected chi connectivity index (χ2v) is 8.14. The Bertz CT molecular complexity index is 983. The number of piperidine rings is 1. The Kier molecular flexibility index (Phi) is 6.51. The van der Waals surface area contributed by atoms with Crippen LogP contribution >= 0.6 is 11.3 Å². The van der Waals surface area contributed by atoms with Crippen LogP contribution in [0.2, 0.25) is 0 Å². The second kappa shape index (κ2) is 9.65. The molecule has 6 nitrogen and oxygen atoms in total. The van der Waals surface area contributed by atoms with Gasteiger partial charge in [-0.15, -0.1) is 0 Å². The smallest absolute Gasteiger partial charge is 0.256 e. The Morgan fingerprint density at radius 2 is 1.83 bits per heavy atom. The van der Waals surface area contributed by atoms with Crippen molar-refractivity contribution < 1.29 is 9.59 Å². The van der Waals surface area contributed by atoms with Gasteiger partial charge in [0, 0.05) is 37.3 Å². The van der Waals surface area contributed by atoms with Crippen molar-refractivity contribution in [1.29, 1.82) is 0 Å². The van der Waals surface area contributed by atoms with Crippen molar-refractivity contribution >= 4 is 28.8 Å². The van der Waals surface area contributed by atoms with Gasteiger partial charge in [-0.3, -0.25) is 19.5 Å². The molecule has 30 heavy (non-hydrogen) atoms. The summed E-state index contributed by atoms with van der Waals surface area (Å²) >= 11 is 1.46. The van der Waals surface area contributed by atoms with Crippen LogP contribution in [0, 0.1) is 0 Å². The van der Waals surface area contributed by atoms with Crippen molar-refractivity contribution in [1.82, 2.24) is 15.2 Å². The summed E-state index contributed by atoms with van der Waals surface area (Å²) in [6.07, 6.45) is 3.60. The molecule has 7 heteroatoms. The van der Waals surface area contributed by atoms with Crippen molar-refractivity contribution in [2.24, 2.45) is 0 Å². The molecular formula is C23H24N4O2S. The van der Waals surface area contributed by atoms with Crippen molar-refractivity contribution in [3.8, 4) is 0 Å². The van der Waals surface area contributed by atoms with Crippen LogP contribution in [0.15, 0.2) is 65.5 Å². The lowest BCUT2D eigenvalue weighted by Crippen LogP contribution is -2.44. The van der Waals surface area contributed by atoms with Gasteiger partial charge in [-0.05, 0) is 48.6 Å². The highest BCUT2D eigenvalue weighted by molar-refractivity contribution is 7.08. The largest absolute Gasteiger partial charge is 0.349 e. The van der Waals surface area contributed by atoms with E-state index < -0.39 is 0 Å². The van der Waals surface area contributed by atoms with Crippen LogP contribution in [0.5, 0.6) is 0 Å². The Hall–Kier alpha value is -3.03. The summed E-state index contributed by atoms with van der Waals surface area (Å²) in [5.74, 6) is -0.362. The topological polar surface area (TPSA) is 74.3 Å². The van der Waals surface area contributed by atoms with E-state index in [4.69, 9.17) is 0 Å². The standard InChI is InChI=1S/C23H24N4O2S/c28-22(17-10-14-30-16-17)26-21-7-2-1-6-20(21)23(29)25-18-8-12-27(13-9-18)15-19-5-3-4-11-24-19/h1-7,10-11,14,16,18H,8-9,12-13,15H2,(H,25,29)(H,26,28). The lowest BCUT2D eigenvalue weighted by atomic mass is 10.0. The molecule has 0 bridgehead atoms. The first-order valence-corrected chi connectivity index (χ1v) is 11.0. The number of likely N-dealkylation sites (tertiary alicyclic amines) is 1. The molecule has 1 aliphatic heterocycles. The summed E-state index contributed by atoms with van der Waals surface area (Å²) in [6, 6.07) is 15.0. The third-order valence-corrected chi connectivity index (χ3v) is 5.92. The van der Waals surface area contributed by atoms with E-state index in [1.54, 1.807) is 23.6 Å². The average molecular weight is 421 g/mol. The van der Waals surface area contributed by atoms with Gasteiger partial charge in [0.05, 0.1) is 22.5 Å². The van der Waals surface area contributed by atoms with Gasteiger partial charge in [0.1, 0.15) is 0 Å². The van der Waals surface area contributed by atoms with Crippen LogP contribution < -0.4 is 10.6 Å². The third-order valence-electron chi connectivity index (χ3n) is 5.24. The Morgan fingerprint density at radius 1 is 1.03 bits per heavy atom. The minimum Gasteiger partial charge on any atom is -0.349 e. The van der Waals surface area contributed by atoms with Crippen molar-refractivity contribution in [3.63, 3.8) is 0 Å².